The lowest BCUT2D eigenvalue weighted by molar-refractivity contribution is -0.149. The summed E-state index contributed by atoms with van der Waals surface area (Å²) in [7, 11) is 0. The Morgan fingerprint density at radius 1 is 0.955 bits per heavy atom. The third-order valence-corrected chi connectivity index (χ3v) is 3.67. The minimum Gasteiger partial charge on any atom is -0.481 e. The van der Waals surface area contributed by atoms with Gasteiger partial charge in [-0.05, 0) is 25.7 Å². The molecule has 1 atom stereocenters. The molecule has 0 heterocycles. The SMILES string of the molecule is C=CCCCCCCCCC(=O)C(N)(CCC(=O)O)C(=O)O. The number of nitrogens with two attached hydrogens (primary N) is 1. The molecule has 0 radical (unpaired) electrons. The molecule has 0 aliphatic heterocycles. The van der Waals surface area contributed by atoms with E-state index in [0.29, 0.717) is 6.42 Å². The lowest BCUT2D eigenvalue weighted by Crippen LogP contribution is -2.55. The van der Waals surface area contributed by atoms with Crippen LogP contribution in [-0.2, 0) is 14.4 Å². The molecule has 126 valence electrons. The average Bonchev–Trinajstić information content (AvgIpc) is 2.46. The van der Waals surface area contributed by atoms with Crippen LogP contribution in [0, 0.1) is 0 Å². The van der Waals surface area contributed by atoms with E-state index in [0.717, 1.165) is 38.5 Å². The predicted octanol–water partition coefficient (Wildman–Crippen LogP) is 2.51. The van der Waals surface area contributed by atoms with Gasteiger partial charge in [0.25, 0.3) is 0 Å². The normalized spacial score (nSPS) is 13.3. The third-order valence-electron chi connectivity index (χ3n) is 3.67. The summed E-state index contributed by atoms with van der Waals surface area (Å²) in [5.74, 6) is -3.21. The van der Waals surface area contributed by atoms with Gasteiger partial charge in [-0.15, -0.1) is 6.58 Å². The number of unbranched alkanes of at least 4 members (excludes halogenated alkanes) is 6. The molecular weight excluding hydrogens is 286 g/mol. The highest BCUT2D eigenvalue weighted by molar-refractivity contribution is 6.07. The highest BCUT2D eigenvalue weighted by Crippen LogP contribution is 2.17. The predicted molar refractivity (Wildman–Crippen MR) is 83.6 cm³/mol. The van der Waals surface area contributed by atoms with Crippen molar-refractivity contribution >= 4 is 17.7 Å². The van der Waals surface area contributed by atoms with E-state index in [4.69, 9.17) is 15.9 Å². The smallest absolute Gasteiger partial charge is 0.331 e. The quantitative estimate of drug-likeness (QED) is 0.258. The van der Waals surface area contributed by atoms with Crippen LogP contribution in [0.3, 0.4) is 0 Å². The standard InChI is InChI=1S/C16H27NO5/c1-2-3-4-5-6-7-8-9-10-13(18)16(17,15(21)22)12-11-14(19)20/h2H,1,3-12,17H2,(H,19,20)(H,21,22). The lowest BCUT2D eigenvalue weighted by Gasteiger charge is -2.22. The van der Waals surface area contributed by atoms with Crippen LogP contribution in [0.5, 0.6) is 0 Å². The van der Waals surface area contributed by atoms with Crippen LogP contribution in [0.25, 0.3) is 0 Å². The summed E-state index contributed by atoms with van der Waals surface area (Å²) in [5.41, 5.74) is 3.53. The first-order chi connectivity index (χ1) is 10.3. The Labute approximate surface area is 131 Å². The van der Waals surface area contributed by atoms with Gasteiger partial charge in [0.1, 0.15) is 0 Å². The van der Waals surface area contributed by atoms with Crippen LogP contribution in [0.4, 0.5) is 0 Å². The number of carboxylic acids is 2. The van der Waals surface area contributed by atoms with Gasteiger partial charge in [-0.1, -0.05) is 31.8 Å². The van der Waals surface area contributed by atoms with E-state index in [1.165, 1.54) is 0 Å². The van der Waals surface area contributed by atoms with Gasteiger partial charge in [0.2, 0.25) is 0 Å². The van der Waals surface area contributed by atoms with Gasteiger partial charge in [-0.25, -0.2) is 4.79 Å². The first-order valence-electron chi connectivity index (χ1n) is 7.73. The highest BCUT2D eigenvalue weighted by atomic mass is 16.4. The molecule has 0 saturated heterocycles. The van der Waals surface area contributed by atoms with Crippen LogP contribution in [-0.4, -0.2) is 33.5 Å². The van der Waals surface area contributed by atoms with Crippen LogP contribution < -0.4 is 5.73 Å². The van der Waals surface area contributed by atoms with Crippen LogP contribution >= 0.6 is 0 Å². The molecule has 0 rings (SSSR count). The second-order valence-corrected chi connectivity index (χ2v) is 5.54. The summed E-state index contributed by atoms with van der Waals surface area (Å²) in [6.45, 7) is 3.66. The highest BCUT2D eigenvalue weighted by Gasteiger charge is 2.41. The van der Waals surface area contributed by atoms with Crippen LogP contribution in [0.1, 0.15) is 64.2 Å². The van der Waals surface area contributed by atoms with Gasteiger partial charge in [0, 0.05) is 12.8 Å². The van der Waals surface area contributed by atoms with E-state index in [9.17, 15) is 14.4 Å². The van der Waals surface area contributed by atoms with Gasteiger partial charge in [0.05, 0.1) is 0 Å². The summed E-state index contributed by atoms with van der Waals surface area (Å²) >= 11 is 0. The first-order valence-corrected chi connectivity index (χ1v) is 7.73. The Bertz CT molecular complexity index is 394. The van der Waals surface area contributed by atoms with E-state index in [1.54, 1.807) is 0 Å². The number of carbonyl (C=O) groups excluding carboxylic acids is 1. The fraction of sp³-hybridized carbons (Fsp3) is 0.688. The molecule has 0 aliphatic rings. The molecule has 0 amide bonds. The number of hydrogen-bond acceptors (Lipinski definition) is 4. The lowest BCUT2D eigenvalue weighted by atomic mass is 9.87. The number of carbonyl (C=O) groups is 3. The first kappa shape index (κ1) is 20.3. The van der Waals surface area contributed by atoms with Crippen molar-refractivity contribution in [1.29, 1.82) is 0 Å². The molecule has 4 N–H and O–H groups in total. The molecule has 0 fully saturated rings. The molecule has 0 bridgehead atoms. The van der Waals surface area contributed by atoms with Crippen molar-refractivity contribution in [2.75, 3.05) is 0 Å². The molecule has 0 aliphatic carbocycles. The largest absolute Gasteiger partial charge is 0.481 e. The number of ketones is 1. The molecule has 0 aromatic rings. The third kappa shape index (κ3) is 7.93. The summed E-state index contributed by atoms with van der Waals surface area (Å²) in [5, 5.41) is 17.7. The monoisotopic (exact) mass is 313 g/mol. The van der Waals surface area contributed by atoms with E-state index in [2.05, 4.69) is 6.58 Å². The minimum atomic E-state index is -2.08. The number of carboxylic acid groups (broad SMARTS) is 2. The van der Waals surface area contributed by atoms with E-state index < -0.39 is 29.7 Å². The molecule has 6 heteroatoms. The zero-order valence-corrected chi connectivity index (χ0v) is 13.1. The fourth-order valence-electron chi connectivity index (χ4n) is 2.17. The van der Waals surface area contributed by atoms with Crippen molar-refractivity contribution in [3.8, 4) is 0 Å². The molecule has 6 nitrogen and oxygen atoms in total. The van der Waals surface area contributed by atoms with E-state index in [1.807, 2.05) is 6.08 Å². The van der Waals surface area contributed by atoms with Crippen molar-refractivity contribution in [2.24, 2.45) is 5.73 Å². The van der Waals surface area contributed by atoms with Crippen molar-refractivity contribution in [2.45, 2.75) is 69.7 Å². The second kappa shape index (κ2) is 11.0. The molecular formula is C16H27NO5. The molecule has 22 heavy (non-hydrogen) atoms. The van der Waals surface area contributed by atoms with Gasteiger partial charge >= 0.3 is 11.9 Å². The molecule has 0 spiro atoms. The Morgan fingerprint density at radius 2 is 1.50 bits per heavy atom. The fourth-order valence-corrected chi connectivity index (χ4v) is 2.17. The Balaban J connectivity index is 4.06. The minimum absolute atomic E-state index is 0.0784. The Hall–Kier alpha value is -1.69. The van der Waals surface area contributed by atoms with Gasteiger partial charge in [-0.3, -0.25) is 9.59 Å². The summed E-state index contributed by atoms with van der Waals surface area (Å²) in [6, 6.07) is 0. The van der Waals surface area contributed by atoms with Crippen LogP contribution in [0.2, 0.25) is 0 Å². The summed E-state index contributed by atoms with van der Waals surface area (Å²) in [4.78, 5) is 33.7. The Kier molecular flexibility index (Phi) is 10.1. The van der Waals surface area contributed by atoms with Crippen molar-refractivity contribution in [3.63, 3.8) is 0 Å². The maximum atomic E-state index is 12.0. The number of allylic oxidation sites excluding steroid dienone is 1. The van der Waals surface area contributed by atoms with Gasteiger partial charge < -0.3 is 15.9 Å². The number of hydrogen-bond donors (Lipinski definition) is 3. The number of rotatable bonds is 14. The van der Waals surface area contributed by atoms with Crippen molar-refractivity contribution in [1.82, 2.24) is 0 Å². The summed E-state index contributed by atoms with van der Waals surface area (Å²) in [6.07, 6.45) is 7.90. The van der Waals surface area contributed by atoms with E-state index in [-0.39, 0.29) is 12.8 Å². The molecule has 0 saturated carbocycles. The maximum Gasteiger partial charge on any atom is 0.331 e. The molecule has 0 aromatic carbocycles. The van der Waals surface area contributed by atoms with Crippen molar-refractivity contribution < 1.29 is 24.6 Å². The van der Waals surface area contributed by atoms with E-state index >= 15 is 0 Å². The van der Waals surface area contributed by atoms with Gasteiger partial charge in [0.15, 0.2) is 11.3 Å². The molecule has 0 aromatic heterocycles. The summed E-state index contributed by atoms with van der Waals surface area (Å²) < 4.78 is 0. The number of Topliss-reactive ketones (excluding diaryl/α,β-unsaturated/α-hetero) is 1. The second-order valence-electron chi connectivity index (χ2n) is 5.54. The zero-order valence-electron chi connectivity index (χ0n) is 13.1. The maximum absolute atomic E-state index is 12.0. The topological polar surface area (TPSA) is 118 Å². The van der Waals surface area contributed by atoms with Crippen LogP contribution in [0.15, 0.2) is 12.7 Å². The molecule has 1 unspecified atom stereocenters. The average molecular weight is 313 g/mol. The van der Waals surface area contributed by atoms with Gasteiger partial charge in [-0.2, -0.15) is 0 Å². The number of aliphatic carboxylic acids is 2. The Morgan fingerprint density at radius 3 is 2.00 bits per heavy atom. The van der Waals surface area contributed by atoms with Crippen molar-refractivity contribution in [3.05, 3.63) is 12.7 Å². The zero-order chi connectivity index (χ0) is 17.0.